The van der Waals surface area contributed by atoms with E-state index in [1.54, 1.807) is 0 Å². The number of aryl methyl sites for hydroxylation is 3. The van der Waals surface area contributed by atoms with Crippen molar-refractivity contribution in [2.75, 3.05) is 0 Å². The standard InChI is InChI=1S/C18H24N2O2/c1-11-8-12(2)16-14(9-11)10-13(17(22)19-16)6-7-15(21)20-18(3,4)5/h8-10H,6-7H2,1-5H3,(H,19,22)(H,20,21). The van der Waals surface area contributed by atoms with Gasteiger partial charge in [0.15, 0.2) is 0 Å². The summed E-state index contributed by atoms with van der Waals surface area (Å²) in [5.74, 6) is -0.0348. The number of carbonyl (C=O) groups is 1. The highest BCUT2D eigenvalue weighted by Crippen LogP contribution is 2.18. The molecule has 0 aliphatic rings. The van der Waals surface area contributed by atoms with E-state index in [9.17, 15) is 9.59 Å². The van der Waals surface area contributed by atoms with Crippen LogP contribution in [0.25, 0.3) is 10.9 Å². The molecule has 1 aromatic heterocycles. The summed E-state index contributed by atoms with van der Waals surface area (Å²) in [5, 5.41) is 3.93. The minimum atomic E-state index is -0.249. The first-order valence-corrected chi connectivity index (χ1v) is 7.60. The van der Waals surface area contributed by atoms with E-state index in [0.29, 0.717) is 18.4 Å². The monoisotopic (exact) mass is 300 g/mol. The van der Waals surface area contributed by atoms with Crippen LogP contribution >= 0.6 is 0 Å². The van der Waals surface area contributed by atoms with E-state index in [1.165, 1.54) is 0 Å². The average Bonchev–Trinajstić information content (AvgIpc) is 2.35. The van der Waals surface area contributed by atoms with Gasteiger partial charge in [-0.25, -0.2) is 0 Å². The second kappa shape index (κ2) is 5.95. The van der Waals surface area contributed by atoms with E-state index in [0.717, 1.165) is 22.0 Å². The minimum Gasteiger partial charge on any atom is -0.351 e. The van der Waals surface area contributed by atoms with Crippen molar-refractivity contribution in [3.05, 3.63) is 45.2 Å². The fourth-order valence-corrected chi connectivity index (χ4v) is 2.65. The van der Waals surface area contributed by atoms with E-state index >= 15 is 0 Å². The van der Waals surface area contributed by atoms with E-state index < -0.39 is 0 Å². The molecule has 2 aromatic rings. The highest BCUT2D eigenvalue weighted by atomic mass is 16.1. The molecule has 0 saturated heterocycles. The zero-order valence-corrected chi connectivity index (χ0v) is 14.0. The number of pyridine rings is 1. The average molecular weight is 300 g/mol. The van der Waals surface area contributed by atoms with Crippen LogP contribution in [0.2, 0.25) is 0 Å². The molecule has 1 aromatic carbocycles. The van der Waals surface area contributed by atoms with Crippen molar-refractivity contribution >= 4 is 16.8 Å². The van der Waals surface area contributed by atoms with Gasteiger partial charge in [0.05, 0.1) is 5.52 Å². The summed E-state index contributed by atoms with van der Waals surface area (Å²) < 4.78 is 0. The molecule has 0 radical (unpaired) electrons. The number of hydrogen-bond donors (Lipinski definition) is 2. The van der Waals surface area contributed by atoms with Gasteiger partial charge in [0, 0.05) is 17.5 Å². The topological polar surface area (TPSA) is 62.0 Å². The van der Waals surface area contributed by atoms with Gasteiger partial charge in [0.2, 0.25) is 5.91 Å². The van der Waals surface area contributed by atoms with E-state index in [1.807, 2.05) is 40.7 Å². The van der Waals surface area contributed by atoms with Gasteiger partial charge in [-0.3, -0.25) is 9.59 Å². The number of rotatable bonds is 3. The molecule has 4 nitrogen and oxygen atoms in total. The van der Waals surface area contributed by atoms with Gasteiger partial charge in [-0.1, -0.05) is 11.6 Å². The molecule has 2 rings (SSSR count). The van der Waals surface area contributed by atoms with Gasteiger partial charge < -0.3 is 10.3 Å². The first kappa shape index (κ1) is 16.3. The zero-order chi connectivity index (χ0) is 16.5. The third-order valence-corrected chi connectivity index (χ3v) is 3.51. The summed E-state index contributed by atoms with van der Waals surface area (Å²) >= 11 is 0. The summed E-state index contributed by atoms with van der Waals surface area (Å²) in [6.45, 7) is 9.85. The number of benzene rings is 1. The fourth-order valence-electron chi connectivity index (χ4n) is 2.65. The lowest BCUT2D eigenvalue weighted by Gasteiger charge is -2.20. The second-order valence-corrected chi connectivity index (χ2v) is 6.97. The van der Waals surface area contributed by atoms with Crippen LogP contribution in [0, 0.1) is 13.8 Å². The number of nitrogens with one attached hydrogen (secondary N) is 2. The van der Waals surface area contributed by atoms with Crippen LogP contribution in [0.1, 0.15) is 43.9 Å². The maximum Gasteiger partial charge on any atom is 0.251 e. The molecule has 0 unspecified atom stereocenters. The van der Waals surface area contributed by atoms with Crippen molar-refractivity contribution in [3.8, 4) is 0 Å². The molecule has 0 bridgehead atoms. The molecule has 4 heteroatoms. The summed E-state index contributed by atoms with van der Waals surface area (Å²) in [7, 11) is 0. The Labute approximate surface area is 130 Å². The number of aromatic amines is 1. The van der Waals surface area contributed by atoms with Crippen LogP contribution in [0.4, 0.5) is 0 Å². The SMILES string of the molecule is Cc1cc(C)c2[nH]c(=O)c(CCC(=O)NC(C)(C)C)cc2c1. The van der Waals surface area contributed by atoms with Gasteiger partial charge >= 0.3 is 0 Å². The van der Waals surface area contributed by atoms with Crippen molar-refractivity contribution < 1.29 is 4.79 Å². The van der Waals surface area contributed by atoms with Crippen molar-refractivity contribution in [2.45, 2.75) is 53.0 Å². The van der Waals surface area contributed by atoms with Crippen molar-refractivity contribution in [2.24, 2.45) is 0 Å². The fraction of sp³-hybridized carbons (Fsp3) is 0.444. The lowest BCUT2D eigenvalue weighted by Crippen LogP contribution is -2.40. The van der Waals surface area contributed by atoms with Crippen LogP contribution in [-0.2, 0) is 11.2 Å². The van der Waals surface area contributed by atoms with Crippen LogP contribution in [0.15, 0.2) is 23.0 Å². The third-order valence-electron chi connectivity index (χ3n) is 3.51. The van der Waals surface area contributed by atoms with Crippen molar-refractivity contribution in [3.63, 3.8) is 0 Å². The largest absolute Gasteiger partial charge is 0.351 e. The molecular weight excluding hydrogens is 276 g/mol. The zero-order valence-electron chi connectivity index (χ0n) is 14.0. The van der Waals surface area contributed by atoms with Crippen LogP contribution in [0.3, 0.4) is 0 Å². The van der Waals surface area contributed by atoms with Gasteiger partial charge in [0.25, 0.3) is 5.56 Å². The molecule has 0 saturated carbocycles. The summed E-state index contributed by atoms with van der Waals surface area (Å²) in [5.41, 5.74) is 3.39. The first-order chi connectivity index (χ1) is 10.2. The van der Waals surface area contributed by atoms with Crippen LogP contribution < -0.4 is 10.9 Å². The maximum atomic E-state index is 12.2. The van der Waals surface area contributed by atoms with Crippen LogP contribution in [-0.4, -0.2) is 16.4 Å². The van der Waals surface area contributed by atoms with Gasteiger partial charge in [-0.05, 0) is 64.1 Å². The predicted octanol–water partition coefficient (Wildman–Crippen LogP) is 2.99. The number of H-pyrrole nitrogens is 1. The highest BCUT2D eigenvalue weighted by molar-refractivity contribution is 5.83. The predicted molar refractivity (Wildman–Crippen MR) is 90.3 cm³/mol. The molecule has 22 heavy (non-hydrogen) atoms. The Morgan fingerprint density at radius 3 is 2.50 bits per heavy atom. The molecule has 0 atom stereocenters. The van der Waals surface area contributed by atoms with Gasteiger partial charge in [0.1, 0.15) is 0 Å². The Balaban J connectivity index is 2.24. The summed E-state index contributed by atoms with van der Waals surface area (Å²) in [6.07, 6.45) is 0.761. The number of amides is 1. The molecule has 0 aliphatic carbocycles. The molecule has 2 N–H and O–H groups in total. The summed E-state index contributed by atoms with van der Waals surface area (Å²) in [6, 6.07) is 6.00. The number of hydrogen-bond acceptors (Lipinski definition) is 2. The number of aromatic nitrogens is 1. The lowest BCUT2D eigenvalue weighted by molar-refractivity contribution is -0.122. The molecule has 0 fully saturated rings. The lowest BCUT2D eigenvalue weighted by atomic mass is 10.0. The van der Waals surface area contributed by atoms with Gasteiger partial charge in [-0.15, -0.1) is 0 Å². The summed E-state index contributed by atoms with van der Waals surface area (Å²) in [4.78, 5) is 27.0. The van der Waals surface area contributed by atoms with Crippen molar-refractivity contribution in [1.29, 1.82) is 0 Å². The quantitative estimate of drug-likeness (QED) is 0.915. The third kappa shape index (κ3) is 3.97. The Morgan fingerprint density at radius 1 is 1.18 bits per heavy atom. The smallest absolute Gasteiger partial charge is 0.251 e. The first-order valence-electron chi connectivity index (χ1n) is 7.60. The minimum absolute atomic E-state index is 0.0348. The Bertz CT molecular complexity index is 767. The Morgan fingerprint density at radius 2 is 1.86 bits per heavy atom. The Kier molecular flexibility index (Phi) is 4.40. The van der Waals surface area contributed by atoms with E-state index in [2.05, 4.69) is 22.4 Å². The van der Waals surface area contributed by atoms with Crippen molar-refractivity contribution in [1.82, 2.24) is 10.3 Å². The molecular formula is C18H24N2O2. The van der Waals surface area contributed by atoms with E-state index in [-0.39, 0.29) is 17.0 Å². The van der Waals surface area contributed by atoms with E-state index in [4.69, 9.17) is 0 Å². The highest BCUT2D eigenvalue weighted by Gasteiger charge is 2.14. The molecule has 0 aliphatic heterocycles. The van der Waals surface area contributed by atoms with Crippen LogP contribution in [0.5, 0.6) is 0 Å². The molecule has 0 spiro atoms. The number of carbonyl (C=O) groups excluding carboxylic acids is 1. The Hall–Kier alpha value is -2.10. The molecule has 118 valence electrons. The maximum absolute atomic E-state index is 12.2. The second-order valence-electron chi connectivity index (χ2n) is 6.97. The number of fused-ring (bicyclic) bond motifs is 1. The normalized spacial score (nSPS) is 11.7. The van der Waals surface area contributed by atoms with Gasteiger partial charge in [-0.2, -0.15) is 0 Å². The molecule has 1 heterocycles. The molecule has 1 amide bonds.